The lowest BCUT2D eigenvalue weighted by Gasteiger charge is -2.07. The predicted molar refractivity (Wildman–Crippen MR) is 82.0 cm³/mol. The van der Waals surface area contributed by atoms with Crippen molar-refractivity contribution in [1.29, 1.82) is 0 Å². The number of thiazole rings is 1. The summed E-state index contributed by atoms with van der Waals surface area (Å²) >= 11 is 1.80. The molecule has 0 spiro atoms. The third-order valence-corrected chi connectivity index (χ3v) is 3.81. The second-order valence-corrected chi connectivity index (χ2v) is 6.35. The molecular weight excluding hydrogens is 254 g/mol. The second kappa shape index (κ2) is 6.20. The van der Waals surface area contributed by atoms with E-state index >= 15 is 0 Å². The van der Waals surface area contributed by atoms with Crippen molar-refractivity contribution >= 4 is 11.3 Å². The van der Waals surface area contributed by atoms with Gasteiger partial charge in [-0.2, -0.15) is 0 Å². The molecule has 2 rings (SSSR count). The highest BCUT2D eigenvalue weighted by atomic mass is 32.1. The Morgan fingerprint density at radius 3 is 2.79 bits per heavy atom. The SMILES string of the molecule is CCOc1cccc(-c2nc(C)sc2CC(C)C)c1. The standard InChI is InChI=1S/C16H21NOS/c1-5-18-14-8-6-7-13(10-14)16-15(9-11(2)3)19-12(4)17-16/h6-8,10-11H,5,9H2,1-4H3. The summed E-state index contributed by atoms with van der Waals surface area (Å²) < 4.78 is 5.57. The van der Waals surface area contributed by atoms with E-state index in [1.807, 2.05) is 19.1 Å². The quantitative estimate of drug-likeness (QED) is 0.788. The number of aryl methyl sites for hydroxylation is 1. The summed E-state index contributed by atoms with van der Waals surface area (Å²) in [5.74, 6) is 1.56. The van der Waals surface area contributed by atoms with E-state index in [9.17, 15) is 0 Å². The van der Waals surface area contributed by atoms with Crippen molar-refractivity contribution in [2.75, 3.05) is 6.61 Å². The topological polar surface area (TPSA) is 22.1 Å². The zero-order valence-corrected chi connectivity index (χ0v) is 12.9. The van der Waals surface area contributed by atoms with E-state index in [-0.39, 0.29) is 0 Å². The van der Waals surface area contributed by atoms with E-state index in [0.717, 1.165) is 28.4 Å². The van der Waals surface area contributed by atoms with E-state index in [1.165, 1.54) is 4.88 Å². The minimum absolute atomic E-state index is 0.647. The summed E-state index contributed by atoms with van der Waals surface area (Å²) in [6.07, 6.45) is 1.08. The fourth-order valence-corrected chi connectivity index (χ4v) is 3.27. The number of nitrogens with zero attached hydrogens (tertiary/aromatic N) is 1. The number of rotatable bonds is 5. The molecule has 19 heavy (non-hydrogen) atoms. The molecule has 0 radical (unpaired) electrons. The molecule has 0 saturated carbocycles. The molecule has 0 saturated heterocycles. The molecule has 1 heterocycles. The summed E-state index contributed by atoms with van der Waals surface area (Å²) in [5.41, 5.74) is 2.28. The van der Waals surface area contributed by atoms with Crippen molar-refractivity contribution in [1.82, 2.24) is 4.98 Å². The molecule has 2 aromatic rings. The van der Waals surface area contributed by atoms with Crippen LogP contribution in [-0.2, 0) is 6.42 Å². The van der Waals surface area contributed by atoms with Gasteiger partial charge >= 0.3 is 0 Å². The van der Waals surface area contributed by atoms with Crippen LogP contribution in [0, 0.1) is 12.8 Å². The van der Waals surface area contributed by atoms with Crippen LogP contribution in [0.3, 0.4) is 0 Å². The normalized spacial score (nSPS) is 11.0. The zero-order valence-electron chi connectivity index (χ0n) is 12.1. The van der Waals surface area contributed by atoms with E-state index < -0.39 is 0 Å². The average Bonchev–Trinajstić information content (AvgIpc) is 2.70. The maximum atomic E-state index is 5.57. The molecule has 0 fully saturated rings. The van der Waals surface area contributed by atoms with E-state index in [0.29, 0.717) is 12.5 Å². The van der Waals surface area contributed by atoms with Gasteiger partial charge in [0, 0.05) is 10.4 Å². The monoisotopic (exact) mass is 275 g/mol. The second-order valence-electron chi connectivity index (χ2n) is 5.06. The zero-order chi connectivity index (χ0) is 13.8. The van der Waals surface area contributed by atoms with Crippen LogP contribution in [0.1, 0.15) is 30.7 Å². The first-order valence-corrected chi connectivity index (χ1v) is 7.61. The molecule has 1 aromatic heterocycles. The van der Waals surface area contributed by atoms with Crippen molar-refractivity contribution < 1.29 is 4.74 Å². The van der Waals surface area contributed by atoms with Crippen LogP contribution < -0.4 is 4.74 Å². The first-order chi connectivity index (χ1) is 9.10. The minimum atomic E-state index is 0.647. The van der Waals surface area contributed by atoms with Gasteiger partial charge in [0.05, 0.1) is 17.3 Å². The van der Waals surface area contributed by atoms with Crippen LogP contribution in [0.2, 0.25) is 0 Å². The lowest BCUT2D eigenvalue weighted by atomic mass is 10.0. The first kappa shape index (κ1) is 14.1. The molecule has 0 atom stereocenters. The molecule has 0 N–H and O–H groups in total. The molecule has 0 amide bonds. The van der Waals surface area contributed by atoms with Crippen molar-refractivity contribution in [3.8, 4) is 17.0 Å². The molecule has 0 unspecified atom stereocenters. The van der Waals surface area contributed by atoms with Crippen LogP contribution in [0.5, 0.6) is 5.75 Å². The Morgan fingerprint density at radius 1 is 1.32 bits per heavy atom. The number of hydrogen-bond acceptors (Lipinski definition) is 3. The van der Waals surface area contributed by atoms with Crippen molar-refractivity contribution in [3.05, 3.63) is 34.2 Å². The summed E-state index contributed by atoms with van der Waals surface area (Å²) in [6.45, 7) is 9.26. The Bertz CT molecular complexity index is 545. The van der Waals surface area contributed by atoms with E-state index in [4.69, 9.17) is 9.72 Å². The molecule has 3 heteroatoms. The number of ether oxygens (including phenoxy) is 1. The maximum absolute atomic E-state index is 5.57. The van der Waals surface area contributed by atoms with Crippen LogP contribution in [-0.4, -0.2) is 11.6 Å². The maximum Gasteiger partial charge on any atom is 0.119 e. The van der Waals surface area contributed by atoms with Gasteiger partial charge in [0.1, 0.15) is 5.75 Å². The molecule has 2 nitrogen and oxygen atoms in total. The molecule has 0 aliphatic heterocycles. The highest BCUT2D eigenvalue weighted by molar-refractivity contribution is 7.12. The Balaban J connectivity index is 2.37. The molecule has 0 bridgehead atoms. The van der Waals surface area contributed by atoms with Gasteiger partial charge in [-0.1, -0.05) is 26.0 Å². The fraction of sp³-hybridized carbons (Fsp3) is 0.438. The van der Waals surface area contributed by atoms with Gasteiger partial charge in [0.25, 0.3) is 0 Å². The number of hydrogen-bond donors (Lipinski definition) is 0. The Labute approximate surface area is 119 Å². The molecular formula is C16H21NOS. The van der Waals surface area contributed by atoms with E-state index in [2.05, 4.69) is 32.9 Å². The predicted octanol–water partition coefficient (Wildman–Crippen LogP) is 4.72. The lowest BCUT2D eigenvalue weighted by molar-refractivity contribution is 0.340. The Hall–Kier alpha value is -1.35. The van der Waals surface area contributed by atoms with Crippen LogP contribution in [0.15, 0.2) is 24.3 Å². The fourth-order valence-electron chi connectivity index (χ4n) is 2.10. The molecule has 0 aliphatic carbocycles. The van der Waals surface area contributed by atoms with Gasteiger partial charge < -0.3 is 4.74 Å². The van der Waals surface area contributed by atoms with Crippen LogP contribution in [0.25, 0.3) is 11.3 Å². The highest BCUT2D eigenvalue weighted by Gasteiger charge is 2.13. The highest BCUT2D eigenvalue weighted by Crippen LogP contribution is 2.31. The number of aromatic nitrogens is 1. The van der Waals surface area contributed by atoms with Crippen LogP contribution >= 0.6 is 11.3 Å². The average molecular weight is 275 g/mol. The first-order valence-electron chi connectivity index (χ1n) is 6.79. The largest absolute Gasteiger partial charge is 0.494 e. The van der Waals surface area contributed by atoms with Gasteiger partial charge in [-0.05, 0) is 38.3 Å². The van der Waals surface area contributed by atoms with Gasteiger partial charge in [-0.25, -0.2) is 4.98 Å². The van der Waals surface area contributed by atoms with Crippen molar-refractivity contribution in [3.63, 3.8) is 0 Å². The third-order valence-electron chi connectivity index (χ3n) is 2.82. The third kappa shape index (κ3) is 3.57. The van der Waals surface area contributed by atoms with Crippen molar-refractivity contribution in [2.24, 2.45) is 5.92 Å². The Morgan fingerprint density at radius 2 is 2.11 bits per heavy atom. The van der Waals surface area contributed by atoms with Gasteiger partial charge in [-0.15, -0.1) is 11.3 Å². The smallest absolute Gasteiger partial charge is 0.119 e. The summed E-state index contributed by atoms with van der Waals surface area (Å²) in [4.78, 5) is 6.07. The summed E-state index contributed by atoms with van der Waals surface area (Å²) in [5, 5.41) is 1.13. The van der Waals surface area contributed by atoms with Crippen LogP contribution in [0.4, 0.5) is 0 Å². The van der Waals surface area contributed by atoms with Gasteiger partial charge in [-0.3, -0.25) is 0 Å². The van der Waals surface area contributed by atoms with Gasteiger partial charge in [0.15, 0.2) is 0 Å². The van der Waals surface area contributed by atoms with Crippen molar-refractivity contribution in [2.45, 2.75) is 34.1 Å². The summed E-state index contributed by atoms with van der Waals surface area (Å²) in [7, 11) is 0. The molecule has 102 valence electrons. The number of benzene rings is 1. The lowest BCUT2D eigenvalue weighted by Crippen LogP contribution is -1.95. The molecule has 1 aromatic carbocycles. The summed E-state index contributed by atoms with van der Waals surface area (Å²) in [6, 6.07) is 8.23. The van der Waals surface area contributed by atoms with Gasteiger partial charge in [0.2, 0.25) is 0 Å². The molecule has 0 aliphatic rings. The van der Waals surface area contributed by atoms with E-state index in [1.54, 1.807) is 11.3 Å². The Kier molecular flexibility index (Phi) is 4.59. The minimum Gasteiger partial charge on any atom is -0.494 e.